The van der Waals surface area contributed by atoms with E-state index < -0.39 is 21.0 Å². The van der Waals surface area contributed by atoms with Gasteiger partial charge in [-0.1, -0.05) is 12.1 Å². The number of hydrogen-bond acceptors (Lipinski definition) is 3. The molecule has 78 valence electrons. The fourth-order valence-electron chi connectivity index (χ4n) is 0.941. The first kappa shape index (κ1) is 11.2. The van der Waals surface area contributed by atoms with E-state index >= 15 is 0 Å². The van der Waals surface area contributed by atoms with Crippen LogP contribution in [0.25, 0.3) is 0 Å². The molecule has 0 saturated carbocycles. The van der Waals surface area contributed by atoms with Crippen molar-refractivity contribution in [2.24, 2.45) is 0 Å². The van der Waals surface area contributed by atoms with Crippen LogP contribution in [-0.2, 0) is 15.0 Å². The van der Waals surface area contributed by atoms with E-state index in [1.54, 1.807) is 5.92 Å². The highest BCUT2D eigenvalue weighted by Crippen LogP contribution is 2.22. The third kappa shape index (κ3) is 2.79. The molecule has 0 aliphatic heterocycles. The van der Waals surface area contributed by atoms with Gasteiger partial charge in [0.15, 0.2) is 0 Å². The number of halogens is 1. The Labute approximate surface area is 86.3 Å². The Kier molecular flexibility index (Phi) is 3.07. The normalized spacial score (nSPS) is 10.4. The van der Waals surface area contributed by atoms with Gasteiger partial charge in [-0.05, 0) is 18.1 Å². The third-order valence-electron chi connectivity index (χ3n) is 1.53. The Bertz CT molecular complexity index is 531. The number of anilines is 1. The number of terminal acetylenes is 1. The summed E-state index contributed by atoms with van der Waals surface area (Å²) >= 11 is 0. The van der Waals surface area contributed by atoms with Crippen molar-refractivity contribution in [1.82, 2.24) is 0 Å². The maximum absolute atomic E-state index is 12.7. The number of carbonyl (C=O) groups is 1. The molecular formula is C9H6FNO3S. The Morgan fingerprint density at radius 2 is 2.00 bits per heavy atom. The van der Waals surface area contributed by atoms with Crippen LogP contribution in [0, 0.1) is 12.3 Å². The first-order valence-electron chi connectivity index (χ1n) is 3.76. The zero-order valence-electron chi connectivity index (χ0n) is 7.40. The van der Waals surface area contributed by atoms with Crippen LogP contribution in [0.2, 0.25) is 0 Å². The predicted molar refractivity (Wildman–Crippen MR) is 52.2 cm³/mol. The van der Waals surface area contributed by atoms with Crippen molar-refractivity contribution >= 4 is 21.8 Å². The van der Waals surface area contributed by atoms with Crippen LogP contribution in [0.4, 0.5) is 9.57 Å². The molecule has 0 spiro atoms. The van der Waals surface area contributed by atoms with E-state index in [9.17, 15) is 17.1 Å². The molecule has 4 nitrogen and oxygen atoms in total. The molecular weight excluding hydrogens is 221 g/mol. The van der Waals surface area contributed by atoms with Crippen molar-refractivity contribution < 1.29 is 17.1 Å². The maximum Gasteiger partial charge on any atom is 0.334 e. The summed E-state index contributed by atoms with van der Waals surface area (Å²) in [5, 5.41) is 2.07. The minimum atomic E-state index is -4.87. The average Bonchev–Trinajstić information content (AvgIpc) is 2.17. The molecule has 6 heteroatoms. The summed E-state index contributed by atoms with van der Waals surface area (Å²) in [5.74, 6) is 0.883. The zero-order chi connectivity index (χ0) is 11.5. The second kappa shape index (κ2) is 4.11. The molecule has 0 aliphatic carbocycles. The molecule has 0 fully saturated rings. The summed E-state index contributed by atoms with van der Waals surface area (Å²) in [6.45, 7) is 0. The molecule has 1 N–H and O–H groups in total. The molecule has 0 radical (unpaired) electrons. The van der Waals surface area contributed by atoms with Gasteiger partial charge in [-0.2, -0.15) is 8.42 Å². The van der Waals surface area contributed by atoms with Crippen molar-refractivity contribution in [2.45, 2.75) is 4.90 Å². The lowest BCUT2D eigenvalue weighted by atomic mass is 10.3. The van der Waals surface area contributed by atoms with Crippen LogP contribution in [0.3, 0.4) is 0 Å². The van der Waals surface area contributed by atoms with Crippen molar-refractivity contribution in [2.75, 3.05) is 5.32 Å². The summed E-state index contributed by atoms with van der Waals surface area (Å²) in [6, 6.07) is 5.04. The molecule has 0 aromatic heterocycles. The minimum Gasteiger partial charge on any atom is -0.314 e. The van der Waals surface area contributed by atoms with Gasteiger partial charge in [-0.25, -0.2) is 0 Å². The van der Waals surface area contributed by atoms with Gasteiger partial charge in [-0.15, -0.1) is 10.3 Å². The van der Waals surface area contributed by atoms with Gasteiger partial charge < -0.3 is 5.32 Å². The standard InChI is InChI=1S/C9H6FNO3S/c1-2-9(12)11-7-5-3-4-6-8(7)15(10,13)14/h1,3-6H,(H,11,12). The van der Waals surface area contributed by atoms with E-state index in [0.29, 0.717) is 0 Å². The molecule has 0 heterocycles. The van der Waals surface area contributed by atoms with Gasteiger partial charge in [0.25, 0.3) is 5.91 Å². The average molecular weight is 227 g/mol. The van der Waals surface area contributed by atoms with Crippen molar-refractivity contribution in [1.29, 1.82) is 0 Å². The second-order valence-electron chi connectivity index (χ2n) is 2.53. The number of nitrogens with one attached hydrogen (secondary N) is 1. The largest absolute Gasteiger partial charge is 0.334 e. The number of rotatable bonds is 2. The van der Waals surface area contributed by atoms with E-state index in [-0.39, 0.29) is 5.69 Å². The molecule has 1 aromatic rings. The van der Waals surface area contributed by atoms with E-state index in [1.165, 1.54) is 18.2 Å². The van der Waals surface area contributed by atoms with Crippen LogP contribution < -0.4 is 5.32 Å². The highest BCUT2D eigenvalue weighted by atomic mass is 32.3. The zero-order valence-corrected chi connectivity index (χ0v) is 8.21. The molecule has 1 amide bonds. The highest BCUT2D eigenvalue weighted by molar-refractivity contribution is 7.86. The Morgan fingerprint density at radius 1 is 1.40 bits per heavy atom. The lowest BCUT2D eigenvalue weighted by Gasteiger charge is -2.04. The maximum atomic E-state index is 12.7. The molecule has 0 saturated heterocycles. The summed E-state index contributed by atoms with van der Waals surface area (Å²) in [7, 11) is -4.87. The lowest BCUT2D eigenvalue weighted by Crippen LogP contribution is -2.10. The molecule has 15 heavy (non-hydrogen) atoms. The van der Waals surface area contributed by atoms with Gasteiger partial charge in [0, 0.05) is 0 Å². The Balaban J connectivity index is 3.21. The molecule has 1 rings (SSSR count). The molecule has 0 atom stereocenters. The summed E-state index contributed by atoms with van der Waals surface area (Å²) in [4.78, 5) is 10.2. The Morgan fingerprint density at radius 3 is 2.53 bits per heavy atom. The van der Waals surface area contributed by atoms with Crippen LogP contribution in [-0.4, -0.2) is 14.3 Å². The lowest BCUT2D eigenvalue weighted by molar-refractivity contribution is -0.111. The second-order valence-corrected chi connectivity index (χ2v) is 3.85. The number of amides is 1. The molecule has 0 bridgehead atoms. The smallest absolute Gasteiger partial charge is 0.314 e. The predicted octanol–water partition coefficient (Wildman–Crippen LogP) is 0.916. The fraction of sp³-hybridized carbons (Fsp3) is 0. The van der Waals surface area contributed by atoms with E-state index in [2.05, 4.69) is 5.32 Å². The van der Waals surface area contributed by atoms with Gasteiger partial charge >= 0.3 is 10.2 Å². The van der Waals surface area contributed by atoms with Crippen molar-refractivity contribution in [3.05, 3.63) is 24.3 Å². The summed E-state index contributed by atoms with van der Waals surface area (Å²) in [6.07, 6.45) is 4.77. The highest BCUT2D eigenvalue weighted by Gasteiger charge is 2.17. The third-order valence-corrected chi connectivity index (χ3v) is 2.41. The SMILES string of the molecule is C#CC(=O)Nc1ccccc1S(=O)(=O)F. The quantitative estimate of drug-likeness (QED) is 0.603. The van der Waals surface area contributed by atoms with Gasteiger partial charge in [0.2, 0.25) is 0 Å². The number of hydrogen-bond donors (Lipinski definition) is 1. The molecule has 1 aromatic carbocycles. The number of para-hydroxylation sites is 1. The fourth-order valence-corrected chi connectivity index (χ4v) is 1.56. The topological polar surface area (TPSA) is 63.2 Å². The van der Waals surface area contributed by atoms with Gasteiger partial charge in [0.05, 0.1) is 5.69 Å². The molecule has 0 aliphatic rings. The van der Waals surface area contributed by atoms with Crippen LogP contribution in [0.5, 0.6) is 0 Å². The summed E-state index contributed by atoms with van der Waals surface area (Å²) < 4.78 is 34.0. The monoisotopic (exact) mass is 227 g/mol. The van der Waals surface area contributed by atoms with E-state index in [4.69, 9.17) is 6.42 Å². The van der Waals surface area contributed by atoms with Gasteiger partial charge in [0.1, 0.15) is 4.90 Å². The van der Waals surface area contributed by atoms with E-state index in [1.807, 2.05) is 0 Å². The number of carbonyl (C=O) groups excluding carboxylic acids is 1. The van der Waals surface area contributed by atoms with E-state index in [0.717, 1.165) is 6.07 Å². The van der Waals surface area contributed by atoms with Crippen LogP contribution in [0.1, 0.15) is 0 Å². The summed E-state index contributed by atoms with van der Waals surface area (Å²) in [5.41, 5.74) is -0.178. The Hall–Kier alpha value is -1.87. The minimum absolute atomic E-state index is 0.178. The first-order chi connectivity index (χ1) is 6.95. The van der Waals surface area contributed by atoms with Crippen LogP contribution >= 0.6 is 0 Å². The molecule has 0 unspecified atom stereocenters. The van der Waals surface area contributed by atoms with Crippen molar-refractivity contribution in [3.8, 4) is 12.3 Å². The van der Waals surface area contributed by atoms with Crippen LogP contribution in [0.15, 0.2) is 29.2 Å². The van der Waals surface area contributed by atoms with Crippen molar-refractivity contribution in [3.63, 3.8) is 0 Å². The first-order valence-corrected chi connectivity index (χ1v) is 5.15. The number of benzene rings is 1. The van der Waals surface area contributed by atoms with Gasteiger partial charge in [-0.3, -0.25) is 4.79 Å².